The molecule has 3 nitrogen and oxygen atoms in total. The average Bonchev–Trinajstić information content (AvgIpc) is 2.52. The smallest absolute Gasteiger partial charge is 0.338 e. The molecule has 0 spiro atoms. The molecule has 2 rings (SSSR count). The number of ether oxygens (including phenoxy) is 1. The van der Waals surface area contributed by atoms with Crippen LogP contribution in [-0.2, 0) is 4.74 Å². The number of carbonyl (C=O) groups is 1. The average molecular weight is 283 g/mol. The fraction of sp³-hybridized carbons (Fsp3) is 0.278. The fourth-order valence-corrected chi connectivity index (χ4v) is 2.21. The Bertz CT molecular complexity index is 595. The molecule has 0 aliphatic carbocycles. The van der Waals surface area contributed by atoms with Crippen LogP contribution < -0.4 is 5.32 Å². The highest BCUT2D eigenvalue weighted by molar-refractivity contribution is 5.89. The van der Waals surface area contributed by atoms with Gasteiger partial charge in [-0.05, 0) is 38.6 Å². The van der Waals surface area contributed by atoms with Crippen molar-refractivity contribution in [2.75, 3.05) is 7.05 Å². The van der Waals surface area contributed by atoms with Crippen LogP contribution in [0.3, 0.4) is 0 Å². The molecular formula is C18H21NO2. The van der Waals surface area contributed by atoms with Crippen LogP contribution in [-0.4, -0.2) is 19.1 Å². The normalized spacial score (nSPS) is 13.5. The molecule has 0 amide bonds. The van der Waals surface area contributed by atoms with Gasteiger partial charge in [-0.1, -0.05) is 48.0 Å². The third-order valence-electron chi connectivity index (χ3n) is 3.53. The van der Waals surface area contributed by atoms with E-state index >= 15 is 0 Å². The first-order valence-electron chi connectivity index (χ1n) is 7.11. The number of benzene rings is 2. The largest absolute Gasteiger partial charge is 0.452 e. The van der Waals surface area contributed by atoms with Gasteiger partial charge in [0.05, 0.1) is 5.56 Å². The van der Waals surface area contributed by atoms with E-state index < -0.39 is 0 Å². The van der Waals surface area contributed by atoms with E-state index in [0.717, 1.165) is 11.1 Å². The Balaban J connectivity index is 2.21. The second-order valence-electron chi connectivity index (χ2n) is 5.18. The minimum absolute atomic E-state index is 0.0289. The summed E-state index contributed by atoms with van der Waals surface area (Å²) in [5.41, 5.74) is 2.61. The lowest BCUT2D eigenvalue weighted by molar-refractivity contribution is 0.0219. The fourth-order valence-electron chi connectivity index (χ4n) is 2.21. The Hall–Kier alpha value is -2.13. The third kappa shape index (κ3) is 3.92. The van der Waals surface area contributed by atoms with Gasteiger partial charge in [0.2, 0.25) is 0 Å². The Morgan fingerprint density at radius 1 is 1.10 bits per heavy atom. The molecule has 0 bridgehead atoms. The van der Waals surface area contributed by atoms with Crippen LogP contribution in [0.15, 0.2) is 54.6 Å². The minimum Gasteiger partial charge on any atom is -0.452 e. The number of esters is 1. The van der Waals surface area contributed by atoms with E-state index in [2.05, 4.69) is 5.32 Å². The summed E-state index contributed by atoms with van der Waals surface area (Å²) in [7, 11) is 1.86. The van der Waals surface area contributed by atoms with E-state index in [9.17, 15) is 4.79 Å². The molecule has 0 aliphatic rings. The standard InChI is InChI=1S/C18H21NO2/c1-13-8-7-11-16(12-13)18(20)21-17(14(2)19-3)15-9-5-4-6-10-15/h4-12,14,17,19H,1-3H3/t14-,17+/m1/s1. The van der Waals surface area contributed by atoms with Crippen molar-refractivity contribution in [3.05, 3.63) is 71.3 Å². The molecule has 3 heteroatoms. The van der Waals surface area contributed by atoms with Crippen molar-refractivity contribution in [2.45, 2.75) is 26.0 Å². The first-order valence-corrected chi connectivity index (χ1v) is 7.11. The van der Waals surface area contributed by atoms with E-state index in [-0.39, 0.29) is 18.1 Å². The first kappa shape index (κ1) is 15.3. The van der Waals surface area contributed by atoms with Gasteiger partial charge in [-0.2, -0.15) is 0 Å². The summed E-state index contributed by atoms with van der Waals surface area (Å²) in [5, 5.41) is 3.15. The van der Waals surface area contributed by atoms with Gasteiger partial charge in [-0.3, -0.25) is 0 Å². The summed E-state index contributed by atoms with van der Waals surface area (Å²) in [6, 6.07) is 17.3. The summed E-state index contributed by atoms with van der Waals surface area (Å²) in [5.74, 6) is -0.297. The van der Waals surface area contributed by atoms with Crippen molar-refractivity contribution >= 4 is 5.97 Å². The van der Waals surface area contributed by atoms with Crippen molar-refractivity contribution in [1.29, 1.82) is 0 Å². The highest BCUT2D eigenvalue weighted by Crippen LogP contribution is 2.23. The highest BCUT2D eigenvalue weighted by atomic mass is 16.5. The minimum atomic E-state index is -0.316. The van der Waals surface area contributed by atoms with Gasteiger partial charge in [-0.25, -0.2) is 4.79 Å². The zero-order chi connectivity index (χ0) is 15.2. The summed E-state index contributed by atoms with van der Waals surface area (Å²) in [6.45, 7) is 3.96. The van der Waals surface area contributed by atoms with E-state index in [0.29, 0.717) is 5.56 Å². The quantitative estimate of drug-likeness (QED) is 0.853. The molecule has 0 aliphatic heterocycles. The van der Waals surface area contributed by atoms with Crippen molar-refractivity contribution in [3.63, 3.8) is 0 Å². The molecule has 21 heavy (non-hydrogen) atoms. The first-order chi connectivity index (χ1) is 10.1. The lowest BCUT2D eigenvalue weighted by atomic mass is 10.0. The van der Waals surface area contributed by atoms with Crippen LogP contribution >= 0.6 is 0 Å². The SMILES string of the molecule is CN[C@H](C)[C@H](OC(=O)c1cccc(C)c1)c1ccccc1. The Kier molecular flexibility index (Phi) is 5.12. The molecule has 0 saturated heterocycles. The van der Waals surface area contributed by atoms with E-state index in [1.807, 2.05) is 69.4 Å². The maximum Gasteiger partial charge on any atom is 0.338 e. The number of hydrogen-bond acceptors (Lipinski definition) is 3. The number of likely N-dealkylation sites (N-methyl/N-ethyl adjacent to an activating group) is 1. The molecule has 2 aromatic carbocycles. The lowest BCUT2D eigenvalue weighted by Gasteiger charge is -2.24. The Morgan fingerprint density at radius 3 is 2.43 bits per heavy atom. The van der Waals surface area contributed by atoms with Crippen LogP contribution in [0.2, 0.25) is 0 Å². The molecule has 0 aromatic heterocycles. The number of carbonyl (C=O) groups excluding carboxylic acids is 1. The predicted octanol–water partition coefficient (Wildman–Crippen LogP) is 3.50. The Labute approximate surface area is 126 Å². The van der Waals surface area contributed by atoms with Crippen LogP contribution in [0, 0.1) is 6.92 Å². The number of aryl methyl sites for hydroxylation is 1. The molecule has 0 unspecified atom stereocenters. The lowest BCUT2D eigenvalue weighted by Crippen LogP contribution is -2.32. The molecule has 2 atom stereocenters. The van der Waals surface area contributed by atoms with Gasteiger partial charge >= 0.3 is 5.97 Å². The molecular weight excluding hydrogens is 262 g/mol. The van der Waals surface area contributed by atoms with Crippen molar-refractivity contribution < 1.29 is 9.53 Å². The van der Waals surface area contributed by atoms with Crippen molar-refractivity contribution in [1.82, 2.24) is 5.32 Å². The van der Waals surface area contributed by atoms with Gasteiger partial charge in [0.15, 0.2) is 0 Å². The molecule has 1 N–H and O–H groups in total. The zero-order valence-corrected chi connectivity index (χ0v) is 12.7. The van der Waals surface area contributed by atoms with Gasteiger partial charge in [-0.15, -0.1) is 0 Å². The van der Waals surface area contributed by atoms with Crippen LogP contribution in [0.1, 0.15) is 34.5 Å². The van der Waals surface area contributed by atoms with Crippen molar-refractivity contribution in [3.8, 4) is 0 Å². The maximum absolute atomic E-state index is 12.4. The van der Waals surface area contributed by atoms with Gasteiger partial charge in [0.25, 0.3) is 0 Å². The van der Waals surface area contributed by atoms with Crippen LogP contribution in [0.5, 0.6) is 0 Å². The van der Waals surface area contributed by atoms with E-state index in [1.165, 1.54) is 0 Å². The zero-order valence-electron chi connectivity index (χ0n) is 12.7. The van der Waals surface area contributed by atoms with Gasteiger partial charge < -0.3 is 10.1 Å². The van der Waals surface area contributed by atoms with Crippen LogP contribution in [0.4, 0.5) is 0 Å². The highest BCUT2D eigenvalue weighted by Gasteiger charge is 2.23. The van der Waals surface area contributed by atoms with E-state index in [1.54, 1.807) is 6.07 Å². The molecule has 110 valence electrons. The summed E-state index contributed by atoms with van der Waals surface area (Å²) >= 11 is 0. The molecule has 2 aromatic rings. The van der Waals surface area contributed by atoms with Crippen molar-refractivity contribution in [2.24, 2.45) is 0 Å². The summed E-state index contributed by atoms with van der Waals surface area (Å²) in [6.07, 6.45) is -0.316. The molecule has 0 fully saturated rings. The van der Waals surface area contributed by atoms with Crippen LogP contribution in [0.25, 0.3) is 0 Å². The predicted molar refractivity (Wildman–Crippen MR) is 84.3 cm³/mol. The monoisotopic (exact) mass is 283 g/mol. The topological polar surface area (TPSA) is 38.3 Å². The third-order valence-corrected chi connectivity index (χ3v) is 3.53. The second kappa shape index (κ2) is 7.04. The Morgan fingerprint density at radius 2 is 1.81 bits per heavy atom. The van der Waals surface area contributed by atoms with Gasteiger partial charge in [0, 0.05) is 6.04 Å². The summed E-state index contributed by atoms with van der Waals surface area (Å²) in [4.78, 5) is 12.4. The number of hydrogen-bond donors (Lipinski definition) is 1. The van der Waals surface area contributed by atoms with E-state index in [4.69, 9.17) is 4.74 Å². The van der Waals surface area contributed by atoms with Gasteiger partial charge in [0.1, 0.15) is 6.10 Å². The molecule has 0 radical (unpaired) electrons. The number of nitrogens with one attached hydrogen (secondary N) is 1. The molecule has 0 heterocycles. The maximum atomic E-state index is 12.4. The number of rotatable bonds is 5. The second-order valence-corrected chi connectivity index (χ2v) is 5.18. The molecule has 0 saturated carbocycles. The summed E-state index contributed by atoms with van der Waals surface area (Å²) < 4.78 is 5.73.